The monoisotopic (exact) mass is 277 g/mol. The number of pyridine rings is 1. The number of morpholine rings is 1. The maximum absolute atomic E-state index is 11.9. The third-order valence-corrected chi connectivity index (χ3v) is 3.38. The van der Waals surface area contributed by atoms with Crippen molar-refractivity contribution in [1.29, 1.82) is 0 Å². The van der Waals surface area contributed by atoms with Gasteiger partial charge in [0, 0.05) is 19.3 Å². The fourth-order valence-corrected chi connectivity index (χ4v) is 2.17. The summed E-state index contributed by atoms with van der Waals surface area (Å²) in [6.45, 7) is 5.62. The van der Waals surface area contributed by atoms with Gasteiger partial charge in [0.1, 0.15) is 5.82 Å². The molecule has 1 amide bonds. The second kappa shape index (κ2) is 7.97. The Bertz CT molecular complexity index is 414. The van der Waals surface area contributed by atoms with Crippen LogP contribution in [0.15, 0.2) is 18.3 Å². The summed E-state index contributed by atoms with van der Waals surface area (Å²) in [7, 11) is 0. The molecule has 1 aliphatic rings. The molecule has 1 saturated heterocycles. The number of hydrogen-bond acceptors (Lipinski definition) is 4. The minimum absolute atomic E-state index is 0.0132. The van der Waals surface area contributed by atoms with E-state index in [1.54, 1.807) is 0 Å². The molecule has 2 rings (SSSR count). The zero-order chi connectivity index (χ0) is 14.2. The predicted octanol–water partition coefficient (Wildman–Crippen LogP) is 1.69. The molecule has 1 aromatic rings. The van der Waals surface area contributed by atoms with Crippen LogP contribution in [0.1, 0.15) is 25.3 Å². The van der Waals surface area contributed by atoms with Gasteiger partial charge in [-0.25, -0.2) is 4.98 Å². The molecule has 0 saturated carbocycles. The Labute approximate surface area is 120 Å². The number of anilines is 1. The Morgan fingerprint density at radius 2 is 2.20 bits per heavy atom. The van der Waals surface area contributed by atoms with E-state index in [2.05, 4.69) is 22.1 Å². The van der Waals surface area contributed by atoms with E-state index in [1.807, 2.05) is 18.3 Å². The lowest BCUT2D eigenvalue weighted by molar-refractivity contribution is -0.118. The maximum Gasteiger partial charge on any atom is 0.239 e. The summed E-state index contributed by atoms with van der Waals surface area (Å²) >= 11 is 0. The van der Waals surface area contributed by atoms with Crippen LogP contribution in [0.2, 0.25) is 0 Å². The van der Waals surface area contributed by atoms with E-state index in [9.17, 15) is 4.79 Å². The van der Waals surface area contributed by atoms with Gasteiger partial charge in [0.25, 0.3) is 0 Å². The number of aromatic nitrogens is 1. The van der Waals surface area contributed by atoms with Gasteiger partial charge >= 0.3 is 0 Å². The molecule has 1 aromatic heterocycles. The standard InChI is InChI=1S/C15H23N3O2/c1-2-3-4-13-5-6-14(16-11-13)17-15(19)12-18-7-9-20-10-8-18/h5-6,11H,2-4,7-10,12H2,1H3,(H,16,17,19). The molecule has 0 aromatic carbocycles. The zero-order valence-electron chi connectivity index (χ0n) is 12.1. The van der Waals surface area contributed by atoms with Gasteiger partial charge in [0.05, 0.1) is 19.8 Å². The number of rotatable bonds is 6. The number of carbonyl (C=O) groups excluding carboxylic acids is 1. The van der Waals surface area contributed by atoms with Crippen molar-refractivity contribution in [2.45, 2.75) is 26.2 Å². The SMILES string of the molecule is CCCCc1ccc(NC(=O)CN2CCOCC2)nc1. The molecule has 1 aliphatic heterocycles. The van der Waals surface area contributed by atoms with Crippen LogP contribution >= 0.6 is 0 Å². The Morgan fingerprint density at radius 1 is 1.40 bits per heavy atom. The molecule has 2 heterocycles. The molecular weight excluding hydrogens is 254 g/mol. The van der Waals surface area contributed by atoms with E-state index in [0.717, 1.165) is 19.5 Å². The van der Waals surface area contributed by atoms with Crippen LogP contribution in [0.3, 0.4) is 0 Å². The molecule has 20 heavy (non-hydrogen) atoms. The van der Waals surface area contributed by atoms with Crippen LogP contribution in [-0.4, -0.2) is 48.6 Å². The number of carbonyl (C=O) groups is 1. The predicted molar refractivity (Wildman–Crippen MR) is 78.7 cm³/mol. The average molecular weight is 277 g/mol. The minimum atomic E-state index is -0.0132. The number of ether oxygens (including phenoxy) is 1. The van der Waals surface area contributed by atoms with Crippen molar-refractivity contribution in [2.75, 3.05) is 38.2 Å². The van der Waals surface area contributed by atoms with Crippen molar-refractivity contribution in [1.82, 2.24) is 9.88 Å². The summed E-state index contributed by atoms with van der Waals surface area (Å²) in [6.07, 6.45) is 5.24. The van der Waals surface area contributed by atoms with E-state index in [-0.39, 0.29) is 5.91 Å². The summed E-state index contributed by atoms with van der Waals surface area (Å²) in [5.74, 6) is 0.615. The molecular formula is C15H23N3O2. The highest BCUT2D eigenvalue weighted by Gasteiger charge is 2.14. The van der Waals surface area contributed by atoms with Crippen LogP contribution in [0.5, 0.6) is 0 Å². The molecule has 0 bridgehead atoms. The smallest absolute Gasteiger partial charge is 0.239 e. The van der Waals surface area contributed by atoms with E-state index in [4.69, 9.17) is 4.74 Å². The topological polar surface area (TPSA) is 54.5 Å². The number of nitrogens with one attached hydrogen (secondary N) is 1. The summed E-state index contributed by atoms with van der Waals surface area (Å²) < 4.78 is 5.26. The van der Waals surface area contributed by atoms with E-state index < -0.39 is 0 Å². The first-order valence-electron chi connectivity index (χ1n) is 7.33. The van der Waals surface area contributed by atoms with Gasteiger partial charge in [-0.2, -0.15) is 0 Å². The molecule has 1 N–H and O–H groups in total. The second-order valence-corrected chi connectivity index (χ2v) is 5.09. The van der Waals surface area contributed by atoms with Crippen LogP contribution in [0, 0.1) is 0 Å². The van der Waals surface area contributed by atoms with Crippen molar-refractivity contribution in [3.05, 3.63) is 23.9 Å². The van der Waals surface area contributed by atoms with E-state index in [1.165, 1.54) is 18.4 Å². The number of amides is 1. The summed E-state index contributed by atoms with van der Waals surface area (Å²) in [5.41, 5.74) is 1.22. The van der Waals surface area contributed by atoms with Crippen molar-refractivity contribution in [3.8, 4) is 0 Å². The minimum Gasteiger partial charge on any atom is -0.379 e. The van der Waals surface area contributed by atoms with Crippen molar-refractivity contribution >= 4 is 11.7 Å². The first kappa shape index (κ1) is 14.9. The molecule has 0 atom stereocenters. The average Bonchev–Trinajstić information content (AvgIpc) is 2.47. The van der Waals surface area contributed by atoms with Crippen molar-refractivity contribution in [3.63, 3.8) is 0 Å². The molecule has 110 valence electrons. The second-order valence-electron chi connectivity index (χ2n) is 5.09. The highest BCUT2D eigenvalue weighted by Crippen LogP contribution is 2.08. The third kappa shape index (κ3) is 4.90. The Kier molecular flexibility index (Phi) is 5.95. The molecule has 1 fully saturated rings. The lowest BCUT2D eigenvalue weighted by atomic mass is 10.1. The molecule has 0 radical (unpaired) electrons. The first-order valence-corrected chi connectivity index (χ1v) is 7.33. The largest absolute Gasteiger partial charge is 0.379 e. The Morgan fingerprint density at radius 3 is 2.85 bits per heavy atom. The Hall–Kier alpha value is -1.46. The van der Waals surface area contributed by atoms with Crippen LogP contribution < -0.4 is 5.32 Å². The molecule has 5 heteroatoms. The molecule has 0 unspecified atom stereocenters. The van der Waals surface area contributed by atoms with Gasteiger partial charge in [0.15, 0.2) is 0 Å². The first-order chi connectivity index (χ1) is 9.78. The number of hydrogen-bond donors (Lipinski definition) is 1. The lowest BCUT2D eigenvalue weighted by Crippen LogP contribution is -2.41. The fraction of sp³-hybridized carbons (Fsp3) is 0.600. The molecule has 5 nitrogen and oxygen atoms in total. The van der Waals surface area contributed by atoms with Crippen LogP contribution in [0.4, 0.5) is 5.82 Å². The number of nitrogens with zero attached hydrogens (tertiary/aromatic N) is 2. The van der Waals surface area contributed by atoms with Gasteiger partial charge < -0.3 is 10.1 Å². The highest BCUT2D eigenvalue weighted by atomic mass is 16.5. The van der Waals surface area contributed by atoms with Gasteiger partial charge in [-0.15, -0.1) is 0 Å². The highest BCUT2D eigenvalue weighted by molar-refractivity contribution is 5.91. The maximum atomic E-state index is 11.9. The van der Waals surface area contributed by atoms with E-state index in [0.29, 0.717) is 25.6 Å². The van der Waals surface area contributed by atoms with Crippen LogP contribution in [0.25, 0.3) is 0 Å². The van der Waals surface area contributed by atoms with Crippen LogP contribution in [-0.2, 0) is 16.0 Å². The normalized spacial score (nSPS) is 16.1. The summed E-state index contributed by atoms with van der Waals surface area (Å²) in [6, 6.07) is 3.91. The molecule has 0 aliphatic carbocycles. The zero-order valence-corrected chi connectivity index (χ0v) is 12.1. The van der Waals surface area contributed by atoms with Gasteiger partial charge in [-0.3, -0.25) is 9.69 Å². The summed E-state index contributed by atoms with van der Waals surface area (Å²) in [5, 5.41) is 2.84. The fourth-order valence-electron chi connectivity index (χ4n) is 2.17. The van der Waals surface area contributed by atoms with Gasteiger partial charge in [-0.1, -0.05) is 19.4 Å². The number of unbranched alkanes of at least 4 members (excludes halogenated alkanes) is 1. The summed E-state index contributed by atoms with van der Waals surface area (Å²) in [4.78, 5) is 18.3. The Balaban J connectivity index is 1.78. The number of aryl methyl sites for hydroxylation is 1. The van der Waals surface area contributed by atoms with Crippen molar-refractivity contribution in [2.24, 2.45) is 0 Å². The third-order valence-electron chi connectivity index (χ3n) is 3.38. The van der Waals surface area contributed by atoms with Gasteiger partial charge in [0.2, 0.25) is 5.91 Å². The van der Waals surface area contributed by atoms with E-state index >= 15 is 0 Å². The van der Waals surface area contributed by atoms with Gasteiger partial charge in [-0.05, 0) is 24.5 Å². The molecule has 0 spiro atoms. The quantitative estimate of drug-likeness (QED) is 0.860. The lowest BCUT2D eigenvalue weighted by Gasteiger charge is -2.25. The van der Waals surface area contributed by atoms with Crippen molar-refractivity contribution < 1.29 is 9.53 Å².